The normalized spacial score (nSPS) is 42.2. The standard InChI is InChI=1S/C28H44N2O7/c1-6-26(4)17-21(37-25(34)29-24(33)36-16-13-30-11-14-35-15-12-30)27(5)18(2)7-9-28(19(3)23(26)32)10-8-20(31)22(27)28/h6,18-19,21-23,32H,1,7-17H2,2-5H3,(H,29,33,34)/t18?,19-,21+,22-,23-,26+,27+,28-/m0/s1. The second-order valence-electron chi connectivity index (χ2n) is 12.2. The van der Waals surface area contributed by atoms with Crippen LogP contribution >= 0.6 is 0 Å². The highest BCUT2D eigenvalue weighted by atomic mass is 16.6. The van der Waals surface area contributed by atoms with E-state index in [4.69, 9.17) is 14.2 Å². The number of aliphatic hydroxyl groups is 1. The molecule has 8 atom stereocenters. The third-order valence-corrected chi connectivity index (χ3v) is 10.5. The molecule has 1 heterocycles. The van der Waals surface area contributed by atoms with E-state index in [1.807, 2.05) is 6.92 Å². The minimum absolute atomic E-state index is 0.102. The number of alkyl carbamates (subject to hydrolysis) is 2. The second-order valence-corrected chi connectivity index (χ2v) is 12.2. The maximum atomic E-state index is 13.4. The Labute approximate surface area is 220 Å². The number of ether oxygens (including phenoxy) is 3. The SMILES string of the molecule is C=C[C@]1(C)C[C@@H](OC(=O)NC(=O)OCCN2CCOCC2)[C@@]2(C)C(C)CC[C@]3(CCC(=O)[C@H]32)[C@@H](C)[C@@H]1O. The van der Waals surface area contributed by atoms with E-state index >= 15 is 0 Å². The van der Waals surface area contributed by atoms with Crippen molar-refractivity contribution in [2.45, 2.75) is 72.0 Å². The molecule has 3 saturated carbocycles. The van der Waals surface area contributed by atoms with Crippen LogP contribution in [0.25, 0.3) is 0 Å². The van der Waals surface area contributed by atoms with Crippen molar-refractivity contribution < 1.29 is 33.7 Å². The lowest BCUT2D eigenvalue weighted by atomic mass is 9.44. The van der Waals surface area contributed by atoms with Crippen LogP contribution in [0.1, 0.15) is 59.8 Å². The van der Waals surface area contributed by atoms with Crippen molar-refractivity contribution in [3.63, 3.8) is 0 Å². The van der Waals surface area contributed by atoms with Crippen LogP contribution < -0.4 is 5.32 Å². The van der Waals surface area contributed by atoms with E-state index in [0.717, 1.165) is 32.4 Å². The Kier molecular flexibility index (Phi) is 8.08. The Bertz CT molecular complexity index is 905. The van der Waals surface area contributed by atoms with Gasteiger partial charge in [-0.2, -0.15) is 0 Å². The number of nitrogens with one attached hydrogen (secondary N) is 1. The Morgan fingerprint density at radius 3 is 2.59 bits per heavy atom. The zero-order chi connectivity index (χ0) is 27.0. The number of carbonyl (C=O) groups excluding carboxylic acids is 3. The molecule has 4 rings (SSSR count). The molecule has 1 saturated heterocycles. The number of nitrogens with zero attached hydrogens (tertiary/aromatic N) is 1. The number of ketones is 1. The number of hydrogen-bond acceptors (Lipinski definition) is 8. The summed E-state index contributed by atoms with van der Waals surface area (Å²) in [4.78, 5) is 40.9. The summed E-state index contributed by atoms with van der Waals surface area (Å²) in [6.07, 6.45) is 1.82. The summed E-state index contributed by atoms with van der Waals surface area (Å²) in [5, 5.41) is 13.8. The highest BCUT2D eigenvalue weighted by Gasteiger charge is 2.68. The van der Waals surface area contributed by atoms with Crippen molar-refractivity contribution in [3.8, 4) is 0 Å². The van der Waals surface area contributed by atoms with Gasteiger partial charge in [0, 0.05) is 42.8 Å². The number of imide groups is 1. The monoisotopic (exact) mass is 520 g/mol. The molecule has 0 radical (unpaired) electrons. The molecule has 9 nitrogen and oxygen atoms in total. The van der Waals surface area contributed by atoms with E-state index in [1.165, 1.54) is 0 Å². The van der Waals surface area contributed by atoms with Gasteiger partial charge < -0.3 is 19.3 Å². The summed E-state index contributed by atoms with van der Waals surface area (Å²) < 4.78 is 16.5. The van der Waals surface area contributed by atoms with Gasteiger partial charge in [0.05, 0.1) is 19.3 Å². The summed E-state index contributed by atoms with van der Waals surface area (Å²) in [5.41, 5.74) is -1.72. The fraction of sp³-hybridized carbons (Fsp3) is 0.821. The average molecular weight is 521 g/mol. The molecule has 1 unspecified atom stereocenters. The molecule has 0 spiro atoms. The van der Waals surface area contributed by atoms with Crippen LogP contribution in [0.15, 0.2) is 12.7 Å². The predicted molar refractivity (Wildman–Crippen MR) is 137 cm³/mol. The number of morpholine rings is 1. The number of aliphatic hydroxyl groups excluding tert-OH is 1. The maximum Gasteiger partial charge on any atom is 0.416 e. The summed E-state index contributed by atoms with van der Waals surface area (Å²) in [7, 11) is 0. The van der Waals surface area contributed by atoms with Crippen molar-refractivity contribution in [1.82, 2.24) is 10.2 Å². The molecule has 208 valence electrons. The zero-order valence-electron chi connectivity index (χ0n) is 22.8. The van der Waals surface area contributed by atoms with Gasteiger partial charge in [-0.3, -0.25) is 9.69 Å². The topological polar surface area (TPSA) is 114 Å². The molecule has 0 aromatic carbocycles. The lowest BCUT2D eigenvalue weighted by Crippen LogP contribution is -2.63. The van der Waals surface area contributed by atoms with Crippen LogP contribution in [0.2, 0.25) is 0 Å². The van der Waals surface area contributed by atoms with E-state index in [1.54, 1.807) is 6.08 Å². The van der Waals surface area contributed by atoms with E-state index < -0.39 is 35.2 Å². The first-order chi connectivity index (χ1) is 17.5. The number of Topliss-reactive ketones (excluding diaryl/α,β-unsaturated/α-hetero) is 1. The van der Waals surface area contributed by atoms with Gasteiger partial charge in [-0.05, 0) is 42.9 Å². The quantitative estimate of drug-likeness (QED) is 0.529. The zero-order valence-corrected chi connectivity index (χ0v) is 22.8. The number of rotatable bonds is 5. The van der Waals surface area contributed by atoms with Crippen molar-refractivity contribution in [3.05, 3.63) is 12.7 Å². The lowest BCUT2D eigenvalue weighted by molar-refractivity contribution is -0.191. The molecule has 2 amide bonds. The molecule has 9 heteroatoms. The lowest BCUT2D eigenvalue weighted by Gasteiger charge is -2.61. The van der Waals surface area contributed by atoms with Crippen molar-refractivity contribution in [1.29, 1.82) is 0 Å². The van der Waals surface area contributed by atoms with Crippen LogP contribution in [-0.2, 0) is 19.0 Å². The van der Waals surface area contributed by atoms with Crippen LogP contribution in [0.5, 0.6) is 0 Å². The number of hydrogen-bond donors (Lipinski definition) is 2. The molecule has 37 heavy (non-hydrogen) atoms. The van der Waals surface area contributed by atoms with Crippen molar-refractivity contribution in [2.75, 3.05) is 39.5 Å². The van der Waals surface area contributed by atoms with Gasteiger partial charge in [0.25, 0.3) is 0 Å². The van der Waals surface area contributed by atoms with E-state index in [2.05, 4.69) is 37.6 Å². The minimum atomic E-state index is -0.897. The van der Waals surface area contributed by atoms with Gasteiger partial charge in [0.15, 0.2) is 0 Å². The van der Waals surface area contributed by atoms with Crippen LogP contribution in [0.3, 0.4) is 0 Å². The molecule has 1 aliphatic heterocycles. The molecule has 4 fully saturated rings. The summed E-state index contributed by atoms with van der Waals surface area (Å²) >= 11 is 0. The van der Waals surface area contributed by atoms with E-state index in [9.17, 15) is 19.5 Å². The smallest absolute Gasteiger partial charge is 0.416 e. The fourth-order valence-corrected chi connectivity index (χ4v) is 7.87. The third kappa shape index (κ3) is 4.94. The van der Waals surface area contributed by atoms with Gasteiger partial charge in [0.1, 0.15) is 18.5 Å². The Morgan fingerprint density at radius 2 is 1.92 bits per heavy atom. The molecule has 4 aliphatic rings. The largest absolute Gasteiger partial charge is 0.448 e. The van der Waals surface area contributed by atoms with E-state index in [-0.39, 0.29) is 35.6 Å². The third-order valence-electron chi connectivity index (χ3n) is 10.5. The maximum absolute atomic E-state index is 13.4. The first-order valence-electron chi connectivity index (χ1n) is 13.8. The number of amides is 2. The molecule has 2 bridgehead atoms. The molecule has 2 N–H and O–H groups in total. The van der Waals surface area contributed by atoms with Gasteiger partial charge in [-0.1, -0.05) is 33.8 Å². The van der Waals surface area contributed by atoms with Crippen molar-refractivity contribution in [2.24, 2.45) is 34.0 Å². The average Bonchev–Trinajstić information content (AvgIpc) is 3.23. The molecule has 3 aliphatic carbocycles. The highest BCUT2D eigenvalue weighted by Crippen LogP contribution is 2.67. The van der Waals surface area contributed by atoms with Crippen LogP contribution in [0, 0.1) is 34.0 Å². The summed E-state index contributed by atoms with van der Waals surface area (Å²) in [5.74, 6) is -0.120. The fourth-order valence-electron chi connectivity index (χ4n) is 7.87. The Hall–Kier alpha value is -1.97. The van der Waals surface area contributed by atoms with Gasteiger partial charge in [0.2, 0.25) is 0 Å². The molecular formula is C28H44N2O7. The van der Waals surface area contributed by atoms with E-state index in [0.29, 0.717) is 32.6 Å². The number of carbonyl (C=O) groups is 3. The Morgan fingerprint density at radius 1 is 1.22 bits per heavy atom. The van der Waals surface area contributed by atoms with Gasteiger partial charge in [-0.15, -0.1) is 6.58 Å². The second kappa shape index (κ2) is 10.7. The van der Waals surface area contributed by atoms with Crippen LogP contribution in [-0.4, -0.2) is 79.6 Å². The minimum Gasteiger partial charge on any atom is -0.448 e. The molecule has 0 aromatic heterocycles. The van der Waals surface area contributed by atoms with Crippen LogP contribution in [0.4, 0.5) is 9.59 Å². The molecular weight excluding hydrogens is 476 g/mol. The van der Waals surface area contributed by atoms with Gasteiger partial charge in [-0.25, -0.2) is 14.9 Å². The first-order valence-corrected chi connectivity index (χ1v) is 13.8. The summed E-state index contributed by atoms with van der Waals surface area (Å²) in [6.45, 7) is 15.8. The predicted octanol–water partition coefficient (Wildman–Crippen LogP) is 3.54. The Balaban J connectivity index is 1.52. The summed E-state index contributed by atoms with van der Waals surface area (Å²) in [6, 6.07) is 0. The first kappa shape index (κ1) is 28.0. The molecule has 0 aromatic rings. The van der Waals surface area contributed by atoms with Crippen molar-refractivity contribution >= 4 is 18.0 Å². The van der Waals surface area contributed by atoms with Gasteiger partial charge >= 0.3 is 12.2 Å². The highest BCUT2D eigenvalue weighted by molar-refractivity contribution is 5.88.